The fourth-order valence-electron chi connectivity index (χ4n) is 3.30. The highest BCUT2D eigenvalue weighted by Crippen LogP contribution is 2.33. The van der Waals surface area contributed by atoms with Crippen LogP contribution in [0.25, 0.3) is 0 Å². The van der Waals surface area contributed by atoms with E-state index < -0.39 is 0 Å². The lowest BCUT2D eigenvalue weighted by Crippen LogP contribution is -2.24. The van der Waals surface area contributed by atoms with Gasteiger partial charge in [-0.1, -0.05) is 38.1 Å². The van der Waals surface area contributed by atoms with Gasteiger partial charge in [-0.15, -0.1) is 0 Å². The Bertz CT molecular complexity index is 735. The minimum atomic E-state index is -0.192. The fraction of sp³-hybridized carbons (Fsp3) is 0.556. The Morgan fingerprint density at radius 1 is 0.606 bits per heavy atom. The van der Waals surface area contributed by atoms with E-state index in [1.807, 2.05) is 52.0 Å². The Morgan fingerprint density at radius 3 is 1.24 bits per heavy atom. The van der Waals surface area contributed by atoms with Gasteiger partial charge >= 0.3 is 0 Å². The third-order valence-corrected chi connectivity index (χ3v) is 5.57. The molecule has 0 saturated heterocycles. The summed E-state index contributed by atoms with van der Waals surface area (Å²) in [6.45, 7) is 12.8. The van der Waals surface area contributed by atoms with Crippen LogP contribution in [0.2, 0.25) is 0 Å². The molecular formula is C27H40O6. The van der Waals surface area contributed by atoms with Crippen molar-refractivity contribution in [3.8, 4) is 11.5 Å². The molecule has 33 heavy (non-hydrogen) atoms. The van der Waals surface area contributed by atoms with Crippen molar-refractivity contribution >= 4 is 0 Å². The number of hydrogen-bond acceptors (Lipinski definition) is 6. The molecule has 6 nitrogen and oxygen atoms in total. The number of aliphatic hydroxyl groups is 2. The van der Waals surface area contributed by atoms with Crippen molar-refractivity contribution in [3.05, 3.63) is 59.7 Å². The van der Waals surface area contributed by atoms with Gasteiger partial charge in [0.05, 0.1) is 38.6 Å². The van der Waals surface area contributed by atoms with Gasteiger partial charge in [-0.05, 0) is 63.1 Å². The molecular weight excluding hydrogens is 420 g/mol. The van der Waals surface area contributed by atoms with Crippen LogP contribution in [-0.2, 0) is 14.9 Å². The van der Waals surface area contributed by atoms with Gasteiger partial charge in [-0.2, -0.15) is 0 Å². The van der Waals surface area contributed by atoms with Crippen LogP contribution in [0.5, 0.6) is 11.5 Å². The van der Waals surface area contributed by atoms with E-state index in [9.17, 15) is 0 Å². The molecule has 4 unspecified atom stereocenters. The average Bonchev–Trinajstić information content (AvgIpc) is 2.81. The quantitative estimate of drug-likeness (QED) is 0.437. The van der Waals surface area contributed by atoms with Crippen LogP contribution in [0.4, 0.5) is 0 Å². The number of aliphatic hydroxyl groups excluding tert-OH is 2. The molecule has 0 heterocycles. The molecule has 2 N–H and O–H groups in total. The summed E-state index contributed by atoms with van der Waals surface area (Å²) in [5.41, 5.74) is 2.18. The van der Waals surface area contributed by atoms with Crippen LogP contribution in [0.15, 0.2) is 48.5 Å². The molecule has 184 valence electrons. The lowest BCUT2D eigenvalue weighted by Gasteiger charge is -2.27. The molecule has 2 rings (SSSR count). The number of ether oxygens (including phenoxy) is 4. The van der Waals surface area contributed by atoms with Gasteiger partial charge in [-0.3, -0.25) is 0 Å². The summed E-state index contributed by atoms with van der Waals surface area (Å²) >= 11 is 0. The molecule has 6 heteroatoms. The van der Waals surface area contributed by atoms with Crippen molar-refractivity contribution in [2.24, 2.45) is 0 Å². The molecule has 0 aliphatic heterocycles. The molecule has 0 aromatic heterocycles. The molecule has 0 fully saturated rings. The van der Waals surface area contributed by atoms with Gasteiger partial charge in [0.1, 0.15) is 23.7 Å². The molecule has 0 amide bonds. The Morgan fingerprint density at radius 2 is 0.939 bits per heavy atom. The average molecular weight is 461 g/mol. The minimum absolute atomic E-state index is 0.000943. The van der Waals surface area contributed by atoms with Gasteiger partial charge in [0.15, 0.2) is 0 Å². The van der Waals surface area contributed by atoms with Gasteiger partial charge in [0, 0.05) is 5.41 Å². The minimum Gasteiger partial charge on any atom is -0.488 e. The largest absolute Gasteiger partial charge is 0.488 e. The Hall–Kier alpha value is -2.12. The third-order valence-electron chi connectivity index (χ3n) is 5.57. The summed E-state index contributed by atoms with van der Waals surface area (Å²) in [6.07, 6.45) is -0.597. The highest BCUT2D eigenvalue weighted by atomic mass is 16.5. The second-order valence-electron chi connectivity index (χ2n) is 9.18. The Labute approximate surface area is 198 Å². The summed E-state index contributed by atoms with van der Waals surface area (Å²) in [7, 11) is 0. The van der Waals surface area contributed by atoms with Crippen LogP contribution >= 0.6 is 0 Å². The highest BCUT2D eigenvalue weighted by molar-refractivity contribution is 5.41. The SMILES string of the molecule is CC(CO)OCC(C)Oc1ccc(C(C)(C)c2ccc(OC(C)COC(C)CO)cc2)cc1. The van der Waals surface area contributed by atoms with E-state index in [0.29, 0.717) is 13.2 Å². The van der Waals surface area contributed by atoms with Crippen LogP contribution in [0.1, 0.15) is 52.7 Å². The van der Waals surface area contributed by atoms with Crippen LogP contribution in [-0.4, -0.2) is 61.1 Å². The summed E-state index contributed by atoms with van der Waals surface area (Å²) in [5.74, 6) is 1.58. The first-order chi connectivity index (χ1) is 15.6. The maximum absolute atomic E-state index is 9.05. The topological polar surface area (TPSA) is 77.4 Å². The zero-order valence-electron chi connectivity index (χ0n) is 20.8. The van der Waals surface area contributed by atoms with E-state index in [1.54, 1.807) is 0 Å². The van der Waals surface area contributed by atoms with Gasteiger partial charge in [0.25, 0.3) is 0 Å². The monoisotopic (exact) mass is 460 g/mol. The molecule has 4 atom stereocenters. The Balaban J connectivity index is 1.95. The van der Waals surface area contributed by atoms with Crippen LogP contribution in [0.3, 0.4) is 0 Å². The van der Waals surface area contributed by atoms with Crippen LogP contribution in [0, 0.1) is 0 Å². The van der Waals surface area contributed by atoms with Crippen molar-refractivity contribution in [2.75, 3.05) is 26.4 Å². The molecule has 0 aliphatic rings. The van der Waals surface area contributed by atoms with E-state index >= 15 is 0 Å². The first kappa shape index (κ1) is 27.1. The Kier molecular flexibility index (Phi) is 10.6. The highest BCUT2D eigenvalue weighted by Gasteiger charge is 2.23. The van der Waals surface area contributed by atoms with Crippen LogP contribution < -0.4 is 9.47 Å². The molecule has 0 aliphatic carbocycles. The predicted octanol–water partition coefficient (Wildman–Crippen LogP) is 4.34. The van der Waals surface area contributed by atoms with E-state index in [-0.39, 0.29) is 43.0 Å². The maximum atomic E-state index is 9.05. The zero-order valence-corrected chi connectivity index (χ0v) is 20.8. The van der Waals surface area contributed by atoms with Crippen molar-refractivity contribution < 1.29 is 29.2 Å². The molecule has 2 aromatic carbocycles. The molecule has 0 bridgehead atoms. The fourth-order valence-corrected chi connectivity index (χ4v) is 3.30. The molecule has 2 aromatic rings. The standard InChI is InChI=1S/C27H40O6/c1-19(15-28)30-17-21(3)32-25-11-7-23(8-12-25)27(5,6)24-9-13-26(14-10-24)33-22(4)18-31-20(2)16-29/h7-14,19-22,28-29H,15-18H2,1-6H3. The normalized spacial score (nSPS) is 15.5. The van der Waals surface area contributed by atoms with E-state index in [1.165, 1.54) is 11.1 Å². The van der Waals surface area contributed by atoms with Gasteiger partial charge < -0.3 is 29.2 Å². The smallest absolute Gasteiger partial charge is 0.119 e. The maximum Gasteiger partial charge on any atom is 0.119 e. The van der Waals surface area contributed by atoms with E-state index in [0.717, 1.165) is 11.5 Å². The van der Waals surface area contributed by atoms with Crippen molar-refractivity contribution in [1.29, 1.82) is 0 Å². The number of benzene rings is 2. The van der Waals surface area contributed by atoms with E-state index in [2.05, 4.69) is 38.1 Å². The number of rotatable bonds is 14. The molecule has 0 saturated carbocycles. The first-order valence-electron chi connectivity index (χ1n) is 11.6. The zero-order chi connectivity index (χ0) is 24.4. The van der Waals surface area contributed by atoms with Crippen molar-refractivity contribution in [2.45, 2.75) is 71.4 Å². The lowest BCUT2D eigenvalue weighted by molar-refractivity contribution is -0.0110. The summed E-state index contributed by atoms with van der Waals surface area (Å²) in [4.78, 5) is 0. The first-order valence-corrected chi connectivity index (χ1v) is 11.6. The van der Waals surface area contributed by atoms with Gasteiger partial charge in [0.2, 0.25) is 0 Å². The molecule has 0 spiro atoms. The summed E-state index contributed by atoms with van der Waals surface area (Å²) in [6, 6.07) is 16.3. The predicted molar refractivity (Wildman–Crippen MR) is 130 cm³/mol. The third kappa shape index (κ3) is 8.63. The second kappa shape index (κ2) is 12.9. The van der Waals surface area contributed by atoms with Crippen molar-refractivity contribution in [3.63, 3.8) is 0 Å². The van der Waals surface area contributed by atoms with Gasteiger partial charge in [-0.25, -0.2) is 0 Å². The van der Waals surface area contributed by atoms with Crippen molar-refractivity contribution in [1.82, 2.24) is 0 Å². The number of hydrogen-bond donors (Lipinski definition) is 2. The summed E-state index contributed by atoms with van der Waals surface area (Å²) < 4.78 is 22.9. The second-order valence-corrected chi connectivity index (χ2v) is 9.18. The summed E-state index contributed by atoms with van der Waals surface area (Å²) in [5, 5.41) is 18.1. The van der Waals surface area contributed by atoms with E-state index in [4.69, 9.17) is 29.2 Å². The lowest BCUT2D eigenvalue weighted by atomic mass is 9.78. The molecule has 0 radical (unpaired) electrons.